The summed E-state index contributed by atoms with van der Waals surface area (Å²) < 4.78 is 6.99. The highest BCUT2D eigenvalue weighted by molar-refractivity contribution is 5.76. The van der Waals surface area contributed by atoms with E-state index in [0.717, 1.165) is 11.3 Å². The average Bonchev–Trinajstić information content (AvgIpc) is 2.58. The molecular formula is C17H20N4O3. The van der Waals surface area contributed by atoms with Crippen LogP contribution in [-0.2, 0) is 16.1 Å². The SMILES string of the molecule is Cc1cc([C@@H]2CN(C(=O)Cn3nc(C)ccc3=O)CCO2)ccn1. The molecule has 24 heavy (non-hydrogen) atoms. The number of carbonyl (C=O) groups is 1. The minimum absolute atomic E-state index is 0.0530. The second-order valence-electron chi connectivity index (χ2n) is 5.90. The predicted molar refractivity (Wildman–Crippen MR) is 87.5 cm³/mol. The van der Waals surface area contributed by atoms with Gasteiger partial charge in [-0.2, -0.15) is 5.10 Å². The first-order valence-corrected chi connectivity index (χ1v) is 7.89. The van der Waals surface area contributed by atoms with Crippen molar-refractivity contribution >= 4 is 5.91 Å². The highest BCUT2D eigenvalue weighted by atomic mass is 16.5. The molecule has 1 saturated heterocycles. The van der Waals surface area contributed by atoms with Crippen molar-refractivity contribution in [3.8, 4) is 0 Å². The van der Waals surface area contributed by atoms with Gasteiger partial charge in [-0.3, -0.25) is 14.6 Å². The molecule has 0 saturated carbocycles. The molecule has 2 aromatic heterocycles. The van der Waals surface area contributed by atoms with Gasteiger partial charge in [-0.25, -0.2) is 4.68 Å². The number of hydrogen-bond acceptors (Lipinski definition) is 5. The Hall–Kier alpha value is -2.54. The zero-order valence-corrected chi connectivity index (χ0v) is 13.8. The predicted octanol–water partition coefficient (Wildman–Crippen LogP) is 0.855. The van der Waals surface area contributed by atoms with Crippen LogP contribution in [0, 0.1) is 13.8 Å². The second-order valence-corrected chi connectivity index (χ2v) is 5.90. The molecule has 3 heterocycles. The van der Waals surface area contributed by atoms with E-state index >= 15 is 0 Å². The van der Waals surface area contributed by atoms with Gasteiger partial charge in [-0.1, -0.05) is 0 Å². The van der Waals surface area contributed by atoms with Crippen molar-refractivity contribution in [3.63, 3.8) is 0 Å². The smallest absolute Gasteiger partial charge is 0.267 e. The monoisotopic (exact) mass is 328 g/mol. The number of aryl methyl sites for hydroxylation is 2. The molecule has 126 valence electrons. The second kappa shape index (κ2) is 6.92. The maximum atomic E-state index is 12.5. The van der Waals surface area contributed by atoms with Crippen molar-refractivity contribution in [1.82, 2.24) is 19.7 Å². The molecule has 0 radical (unpaired) electrons. The normalized spacial score (nSPS) is 17.8. The largest absolute Gasteiger partial charge is 0.370 e. The molecule has 0 bridgehead atoms. The molecule has 1 amide bonds. The Kier molecular flexibility index (Phi) is 4.71. The van der Waals surface area contributed by atoms with Crippen LogP contribution in [0.4, 0.5) is 0 Å². The molecule has 0 unspecified atom stereocenters. The van der Waals surface area contributed by atoms with Crippen LogP contribution in [-0.4, -0.2) is 45.3 Å². The first-order valence-electron chi connectivity index (χ1n) is 7.89. The van der Waals surface area contributed by atoms with Crippen LogP contribution in [0.25, 0.3) is 0 Å². The molecule has 0 spiro atoms. The van der Waals surface area contributed by atoms with Crippen molar-refractivity contribution in [2.45, 2.75) is 26.5 Å². The lowest BCUT2D eigenvalue weighted by Crippen LogP contribution is -2.45. The van der Waals surface area contributed by atoms with E-state index in [1.807, 2.05) is 19.1 Å². The van der Waals surface area contributed by atoms with Gasteiger partial charge in [0, 0.05) is 24.5 Å². The molecule has 1 aliphatic heterocycles. The highest BCUT2D eigenvalue weighted by Crippen LogP contribution is 2.22. The first kappa shape index (κ1) is 16.3. The fourth-order valence-corrected chi connectivity index (χ4v) is 2.74. The average molecular weight is 328 g/mol. The van der Waals surface area contributed by atoms with Crippen molar-refractivity contribution < 1.29 is 9.53 Å². The zero-order chi connectivity index (χ0) is 17.1. The van der Waals surface area contributed by atoms with Gasteiger partial charge in [0.1, 0.15) is 12.6 Å². The summed E-state index contributed by atoms with van der Waals surface area (Å²) in [5.74, 6) is -0.130. The summed E-state index contributed by atoms with van der Waals surface area (Å²) >= 11 is 0. The van der Waals surface area contributed by atoms with Gasteiger partial charge in [-0.15, -0.1) is 0 Å². The molecule has 1 atom stereocenters. The van der Waals surface area contributed by atoms with Crippen LogP contribution in [0.1, 0.15) is 23.1 Å². The Morgan fingerprint density at radius 2 is 2.12 bits per heavy atom. The van der Waals surface area contributed by atoms with Gasteiger partial charge in [0.05, 0.1) is 18.8 Å². The third kappa shape index (κ3) is 3.68. The van der Waals surface area contributed by atoms with Crippen LogP contribution in [0.2, 0.25) is 0 Å². The van der Waals surface area contributed by atoms with E-state index in [1.165, 1.54) is 10.7 Å². The number of amides is 1. The fourth-order valence-electron chi connectivity index (χ4n) is 2.74. The standard InChI is InChI=1S/C17H20N4O3/c1-12-3-4-16(22)21(19-12)11-17(23)20-7-8-24-15(10-20)14-5-6-18-13(2)9-14/h3-6,9,15H,7-8,10-11H2,1-2H3/t15-/m0/s1. The maximum Gasteiger partial charge on any atom is 0.267 e. The van der Waals surface area contributed by atoms with Crippen LogP contribution >= 0.6 is 0 Å². The van der Waals surface area contributed by atoms with Gasteiger partial charge in [-0.05, 0) is 37.6 Å². The van der Waals surface area contributed by atoms with Gasteiger partial charge in [0.25, 0.3) is 5.56 Å². The lowest BCUT2D eigenvalue weighted by molar-refractivity contribution is -0.140. The summed E-state index contributed by atoms with van der Waals surface area (Å²) in [5, 5.41) is 4.11. The van der Waals surface area contributed by atoms with Crippen LogP contribution < -0.4 is 5.56 Å². The molecule has 1 aliphatic rings. The number of pyridine rings is 1. The number of hydrogen-bond donors (Lipinski definition) is 0. The Labute approximate surface area is 139 Å². The minimum Gasteiger partial charge on any atom is -0.370 e. The lowest BCUT2D eigenvalue weighted by Gasteiger charge is -2.33. The van der Waals surface area contributed by atoms with Crippen LogP contribution in [0.15, 0.2) is 35.3 Å². The Morgan fingerprint density at radius 3 is 2.92 bits per heavy atom. The minimum atomic E-state index is -0.275. The number of ether oxygens (including phenoxy) is 1. The third-order valence-corrected chi connectivity index (χ3v) is 4.00. The van der Waals surface area contributed by atoms with Crippen molar-refractivity contribution in [2.75, 3.05) is 19.7 Å². The van der Waals surface area contributed by atoms with Crippen molar-refractivity contribution in [2.24, 2.45) is 0 Å². The van der Waals surface area contributed by atoms with E-state index < -0.39 is 0 Å². The Morgan fingerprint density at radius 1 is 1.29 bits per heavy atom. The van der Waals surface area contributed by atoms with Gasteiger partial charge >= 0.3 is 0 Å². The van der Waals surface area contributed by atoms with Gasteiger partial charge in [0.15, 0.2) is 0 Å². The van der Waals surface area contributed by atoms with E-state index in [2.05, 4.69) is 10.1 Å². The summed E-state index contributed by atoms with van der Waals surface area (Å²) in [4.78, 5) is 30.2. The summed E-state index contributed by atoms with van der Waals surface area (Å²) in [6.07, 6.45) is 1.57. The van der Waals surface area contributed by atoms with E-state index in [-0.39, 0.29) is 24.1 Å². The molecule has 0 aliphatic carbocycles. The zero-order valence-electron chi connectivity index (χ0n) is 13.8. The third-order valence-electron chi connectivity index (χ3n) is 4.00. The number of morpholine rings is 1. The van der Waals surface area contributed by atoms with E-state index in [4.69, 9.17) is 4.74 Å². The Balaban J connectivity index is 1.71. The van der Waals surface area contributed by atoms with Crippen LogP contribution in [0.3, 0.4) is 0 Å². The topological polar surface area (TPSA) is 77.3 Å². The van der Waals surface area contributed by atoms with E-state index in [1.54, 1.807) is 24.1 Å². The molecular weight excluding hydrogens is 308 g/mol. The number of rotatable bonds is 3. The molecule has 7 heteroatoms. The first-order chi connectivity index (χ1) is 11.5. The number of aromatic nitrogens is 3. The quantitative estimate of drug-likeness (QED) is 0.835. The van der Waals surface area contributed by atoms with Gasteiger partial charge < -0.3 is 9.64 Å². The van der Waals surface area contributed by atoms with Crippen LogP contribution in [0.5, 0.6) is 0 Å². The molecule has 7 nitrogen and oxygen atoms in total. The molecule has 0 aromatic carbocycles. The van der Waals surface area contributed by atoms with Gasteiger partial charge in [0.2, 0.25) is 5.91 Å². The Bertz CT molecular complexity index is 802. The fraction of sp³-hybridized carbons (Fsp3) is 0.412. The molecule has 1 fully saturated rings. The molecule has 2 aromatic rings. The number of carbonyl (C=O) groups excluding carboxylic acids is 1. The lowest BCUT2D eigenvalue weighted by atomic mass is 10.1. The van der Waals surface area contributed by atoms with Crippen molar-refractivity contribution in [3.05, 3.63) is 57.8 Å². The summed E-state index contributed by atoms with van der Waals surface area (Å²) in [5.41, 5.74) is 2.35. The van der Waals surface area contributed by atoms with E-state index in [0.29, 0.717) is 25.4 Å². The molecule has 3 rings (SSSR count). The van der Waals surface area contributed by atoms with E-state index in [9.17, 15) is 9.59 Å². The number of nitrogens with zero attached hydrogens (tertiary/aromatic N) is 4. The summed E-state index contributed by atoms with van der Waals surface area (Å²) in [6, 6.07) is 6.93. The highest BCUT2D eigenvalue weighted by Gasteiger charge is 2.26. The summed E-state index contributed by atoms with van der Waals surface area (Å²) in [6.45, 7) is 5.10. The van der Waals surface area contributed by atoms with Crippen molar-refractivity contribution in [1.29, 1.82) is 0 Å². The maximum absolute atomic E-state index is 12.5. The summed E-state index contributed by atoms with van der Waals surface area (Å²) in [7, 11) is 0. The molecule has 0 N–H and O–H groups in total.